The lowest BCUT2D eigenvalue weighted by molar-refractivity contribution is 0.0475. The minimum Gasteiger partial charge on any atom is -0.396 e. The van der Waals surface area contributed by atoms with E-state index in [-0.39, 0.29) is 12.0 Å². The molecule has 4 N–H and O–H groups in total. The predicted octanol–water partition coefficient (Wildman–Crippen LogP) is -0.183. The first-order valence-corrected chi connectivity index (χ1v) is 3.83. The number of primary amides is 1. The van der Waals surface area contributed by atoms with Crippen LogP contribution in [0.25, 0.3) is 0 Å². The van der Waals surface area contributed by atoms with Crippen molar-refractivity contribution in [2.45, 2.75) is 19.3 Å². The Morgan fingerprint density at radius 2 is 2.27 bits per heavy atom. The smallest absolute Gasteiger partial charge is 0.312 e. The third-order valence-electron chi connectivity index (χ3n) is 2.39. The van der Waals surface area contributed by atoms with E-state index in [4.69, 9.17) is 10.8 Å². The van der Waals surface area contributed by atoms with Crippen LogP contribution in [0.15, 0.2) is 0 Å². The van der Waals surface area contributed by atoms with Crippen LogP contribution in [0.5, 0.6) is 0 Å². The van der Waals surface area contributed by atoms with E-state index < -0.39 is 6.03 Å². The van der Waals surface area contributed by atoms with Crippen LogP contribution in [0.3, 0.4) is 0 Å². The van der Waals surface area contributed by atoms with Crippen LogP contribution in [0.1, 0.15) is 19.3 Å². The molecular formula is C7H14N2O2. The van der Waals surface area contributed by atoms with E-state index in [2.05, 4.69) is 5.32 Å². The number of hydrogen-bond donors (Lipinski definition) is 3. The van der Waals surface area contributed by atoms with E-state index >= 15 is 0 Å². The summed E-state index contributed by atoms with van der Waals surface area (Å²) >= 11 is 0. The van der Waals surface area contributed by atoms with E-state index in [1.165, 1.54) is 0 Å². The Kier molecular flexibility index (Phi) is 2.34. The van der Waals surface area contributed by atoms with Crippen LogP contribution in [0.2, 0.25) is 0 Å². The fourth-order valence-electron chi connectivity index (χ4n) is 1.34. The van der Waals surface area contributed by atoms with Crippen molar-refractivity contribution in [2.75, 3.05) is 13.2 Å². The lowest BCUT2D eigenvalue weighted by atomic mass is 9.69. The van der Waals surface area contributed by atoms with Crippen molar-refractivity contribution in [2.24, 2.45) is 11.1 Å². The second-order valence-electron chi connectivity index (χ2n) is 3.23. The summed E-state index contributed by atoms with van der Waals surface area (Å²) in [6.07, 6.45) is 3.12. The number of urea groups is 1. The molecule has 0 aromatic carbocycles. The van der Waals surface area contributed by atoms with Crippen LogP contribution in [-0.2, 0) is 0 Å². The van der Waals surface area contributed by atoms with Gasteiger partial charge in [0.1, 0.15) is 0 Å². The molecule has 1 rings (SSSR count). The lowest BCUT2D eigenvalue weighted by Gasteiger charge is -2.40. The predicted molar refractivity (Wildman–Crippen MR) is 41.0 cm³/mol. The van der Waals surface area contributed by atoms with Crippen LogP contribution in [0.4, 0.5) is 4.79 Å². The number of carbonyl (C=O) groups is 1. The molecule has 0 saturated heterocycles. The maximum Gasteiger partial charge on any atom is 0.312 e. The summed E-state index contributed by atoms with van der Waals surface area (Å²) < 4.78 is 0. The molecule has 1 saturated carbocycles. The summed E-state index contributed by atoms with van der Waals surface area (Å²) in [5.74, 6) is 0. The second kappa shape index (κ2) is 3.09. The van der Waals surface area contributed by atoms with Crippen molar-refractivity contribution in [3.05, 3.63) is 0 Å². The maximum atomic E-state index is 10.3. The van der Waals surface area contributed by atoms with Gasteiger partial charge in [0.05, 0.1) is 6.61 Å². The molecule has 0 aliphatic heterocycles. The van der Waals surface area contributed by atoms with Crippen molar-refractivity contribution < 1.29 is 9.90 Å². The van der Waals surface area contributed by atoms with Gasteiger partial charge in [-0.1, -0.05) is 6.42 Å². The van der Waals surface area contributed by atoms with E-state index in [1.54, 1.807) is 0 Å². The van der Waals surface area contributed by atoms with Gasteiger partial charge in [-0.3, -0.25) is 0 Å². The molecule has 0 bridgehead atoms. The average Bonchev–Trinajstić information content (AvgIpc) is 1.86. The molecule has 4 heteroatoms. The highest BCUT2D eigenvalue weighted by Crippen LogP contribution is 2.39. The summed E-state index contributed by atoms with van der Waals surface area (Å²) in [4.78, 5) is 10.3. The molecular weight excluding hydrogens is 144 g/mol. The van der Waals surface area contributed by atoms with Crippen molar-refractivity contribution in [1.29, 1.82) is 0 Å². The highest BCUT2D eigenvalue weighted by molar-refractivity contribution is 5.71. The molecule has 0 aromatic rings. The lowest BCUT2D eigenvalue weighted by Crippen LogP contribution is -2.46. The third kappa shape index (κ3) is 1.83. The number of aliphatic hydroxyl groups excluding tert-OH is 1. The van der Waals surface area contributed by atoms with Gasteiger partial charge >= 0.3 is 6.03 Å². The molecule has 11 heavy (non-hydrogen) atoms. The number of nitrogens with one attached hydrogen (secondary N) is 1. The quantitative estimate of drug-likeness (QED) is 0.533. The zero-order valence-electron chi connectivity index (χ0n) is 6.47. The van der Waals surface area contributed by atoms with Crippen molar-refractivity contribution in [3.63, 3.8) is 0 Å². The van der Waals surface area contributed by atoms with Gasteiger partial charge in [-0.05, 0) is 12.8 Å². The van der Waals surface area contributed by atoms with Gasteiger partial charge in [-0.25, -0.2) is 4.79 Å². The first kappa shape index (κ1) is 8.33. The SMILES string of the molecule is NC(=O)NCC1(CO)CCC1. The molecule has 1 aliphatic rings. The molecule has 0 unspecified atom stereocenters. The molecule has 0 heterocycles. The van der Waals surface area contributed by atoms with Crippen molar-refractivity contribution in [3.8, 4) is 0 Å². The van der Waals surface area contributed by atoms with Gasteiger partial charge in [0.25, 0.3) is 0 Å². The number of carbonyl (C=O) groups excluding carboxylic acids is 1. The van der Waals surface area contributed by atoms with Crippen LogP contribution in [0, 0.1) is 5.41 Å². The second-order valence-corrected chi connectivity index (χ2v) is 3.23. The molecule has 2 amide bonds. The standard InChI is InChI=1S/C7H14N2O2/c8-6(11)9-4-7(5-10)2-1-3-7/h10H,1-5H2,(H3,8,9,11). The zero-order valence-corrected chi connectivity index (χ0v) is 6.47. The topological polar surface area (TPSA) is 75.4 Å². The minimum atomic E-state index is -0.510. The number of rotatable bonds is 3. The number of nitrogens with two attached hydrogens (primary N) is 1. The molecule has 1 aliphatic carbocycles. The molecule has 0 atom stereocenters. The Balaban J connectivity index is 2.27. The Morgan fingerprint density at radius 1 is 1.64 bits per heavy atom. The van der Waals surface area contributed by atoms with Gasteiger partial charge < -0.3 is 16.2 Å². The van der Waals surface area contributed by atoms with Crippen LogP contribution >= 0.6 is 0 Å². The number of hydrogen-bond acceptors (Lipinski definition) is 2. The normalized spacial score (nSPS) is 20.5. The molecule has 1 fully saturated rings. The van der Waals surface area contributed by atoms with Gasteiger partial charge in [0, 0.05) is 12.0 Å². The van der Waals surface area contributed by atoms with Gasteiger partial charge in [0.15, 0.2) is 0 Å². The molecule has 0 spiro atoms. The Labute approximate surface area is 65.8 Å². The number of amides is 2. The number of aliphatic hydroxyl groups is 1. The van der Waals surface area contributed by atoms with Gasteiger partial charge in [0.2, 0.25) is 0 Å². The van der Waals surface area contributed by atoms with Crippen molar-refractivity contribution in [1.82, 2.24) is 5.32 Å². The van der Waals surface area contributed by atoms with E-state index in [0.717, 1.165) is 19.3 Å². The fraction of sp³-hybridized carbons (Fsp3) is 0.857. The fourth-order valence-corrected chi connectivity index (χ4v) is 1.34. The summed E-state index contributed by atoms with van der Waals surface area (Å²) in [5, 5.41) is 11.5. The first-order chi connectivity index (χ1) is 5.18. The minimum absolute atomic E-state index is 0.0605. The van der Waals surface area contributed by atoms with Crippen LogP contribution < -0.4 is 11.1 Å². The Bertz CT molecular complexity index is 149. The van der Waals surface area contributed by atoms with E-state index in [9.17, 15) is 4.79 Å². The third-order valence-corrected chi connectivity index (χ3v) is 2.39. The largest absolute Gasteiger partial charge is 0.396 e. The Hall–Kier alpha value is -0.770. The van der Waals surface area contributed by atoms with Crippen molar-refractivity contribution >= 4 is 6.03 Å². The summed E-state index contributed by atoms with van der Waals surface area (Å²) in [7, 11) is 0. The molecule has 64 valence electrons. The highest BCUT2D eigenvalue weighted by atomic mass is 16.3. The summed E-state index contributed by atoms with van der Waals surface area (Å²) in [5.41, 5.74) is 4.84. The van der Waals surface area contributed by atoms with E-state index in [0.29, 0.717) is 6.54 Å². The van der Waals surface area contributed by atoms with Gasteiger partial charge in [-0.15, -0.1) is 0 Å². The van der Waals surface area contributed by atoms with Crippen LogP contribution in [-0.4, -0.2) is 24.3 Å². The highest BCUT2D eigenvalue weighted by Gasteiger charge is 2.36. The molecule has 0 aromatic heterocycles. The zero-order chi connectivity index (χ0) is 8.32. The summed E-state index contributed by atoms with van der Waals surface area (Å²) in [6, 6.07) is -0.510. The molecule has 0 radical (unpaired) electrons. The monoisotopic (exact) mass is 158 g/mol. The Morgan fingerprint density at radius 3 is 2.55 bits per heavy atom. The first-order valence-electron chi connectivity index (χ1n) is 3.83. The molecule has 4 nitrogen and oxygen atoms in total. The van der Waals surface area contributed by atoms with E-state index in [1.807, 2.05) is 0 Å². The van der Waals surface area contributed by atoms with Gasteiger partial charge in [-0.2, -0.15) is 0 Å². The maximum absolute atomic E-state index is 10.3. The summed E-state index contributed by atoms with van der Waals surface area (Å²) in [6.45, 7) is 0.659. The average molecular weight is 158 g/mol.